The molecule has 0 spiro atoms. The van der Waals surface area contributed by atoms with Crippen LogP contribution in [0.1, 0.15) is 44.7 Å². The number of benzene rings is 1. The zero-order valence-corrected chi connectivity index (χ0v) is 20.0. The second-order valence-electron chi connectivity index (χ2n) is 8.46. The fourth-order valence-corrected chi connectivity index (χ4v) is 5.39. The summed E-state index contributed by atoms with van der Waals surface area (Å²) in [5, 5.41) is 5.62. The van der Waals surface area contributed by atoms with E-state index in [2.05, 4.69) is 22.3 Å². The van der Waals surface area contributed by atoms with Gasteiger partial charge >= 0.3 is 5.97 Å². The van der Waals surface area contributed by atoms with Crippen LogP contribution in [0.3, 0.4) is 0 Å². The third-order valence-electron chi connectivity index (χ3n) is 6.12. The maximum absolute atomic E-state index is 15.0. The van der Waals surface area contributed by atoms with Crippen molar-refractivity contribution in [1.82, 2.24) is 15.1 Å². The molecule has 1 aromatic carbocycles. The van der Waals surface area contributed by atoms with Crippen molar-refractivity contribution < 1.29 is 18.7 Å². The number of amides is 1. The highest BCUT2D eigenvalue weighted by Gasteiger charge is 2.42. The molecule has 3 aliphatic heterocycles. The molecule has 3 heterocycles. The van der Waals surface area contributed by atoms with Crippen LogP contribution >= 0.6 is 11.8 Å². The van der Waals surface area contributed by atoms with Gasteiger partial charge in [0, 0.05) is 17.3 Å². The van der Waals surface area contributed by atoms with Gasteiger partial charge in [0.05, 0.1) is 30.3 Å². The van der Waals surface area contributed by atoms with Crippen molar-refractivity contribution in [3.63, 3.8) is 0 Å². The smallest absolute Gasteiger partial charge is 0.338 e. The predicted octanol–water partition coefficient (Wildman–Crippen LogP) is 3.56. The first-order valence-electron chi connectivity index (χ1n) is 11.2. The topological polar surface area (TPSA) is 74.2 Å². The second-order valence-corrected chi connectivity index (χ2v) is 9.29. The molecule has 0 bridgehead atoms. The van der Waals surface area contributed by atoms with Gasteiger partial charge in [-0.2, -0.15) is 0 Å². The number of allylic oxidation sites excluding steroid dienone is 1. The standard InChI is InChI=1S/C24H29FN4O3S/c1-4-32-23(31)21-15(2)26-24-29(22(21)18-7-5-6-8-19(18)25)17(14-33-24)13-20(30)27-16-9-11-28(3)12-10-16/h5-8,14,16,22H,4,9-13H2,1-3H3,(H,27,30)/t22-/m1/s1. The zero-order chi connectivity index (χ0) is 23.5. The van der Waals surface area contributed by atoms with Gasteiger partial charge in [0.25, 0.3) is 0 Å². The lowest BCUT2D eigenvalue weighted by Gasteiger charge is -2.36. The summed E-state index contributed by atoms with van der Waals surface area (Å²) in [7, 11) is 2.08. The molecular formula is C24H29FN4O3S. The minimum absolute atomic E-state index is 0.0890. The third-order valence-corrected chi connectivity index (χ3v) is 7.01. The van der Waals surface area contributed by atoms with E-state index in [1.165, 1.54) is 17.8 Å². The lowest BCUT2D eigenvalue weighted by atomic mass is 9.93. The maximum atomic E-state index is 15.0. The van der Waals surface area contributed by atoms with Crippen LogP contribution in [0.5, 0.6) is 0 Å². The van der Waals surface area contributed by atoms with E-state index in [0.717, 1.165) is 25.9 Å². The molecule has 0 radical (unpaired) electrons. The number of nitrogens with one attached hydrogen (secondary N) is 1. The van der Waals surface area contributed by atoms with Crippen molar-refractivity contribution >= 4 is 28.8 Å². The van der Waals surface area contributed by atoms with Crippen LogP contribution in [0.25, 0.3) is 0 Å². The van der Waals surface area contributed by atoms with Gasteiger partial charge in [-0.05, 0) is 58.3 Å². The van der Waals surface area contributed by atoms with E-state index in [1.54, 1.807) is 36.9 Å². The van der Waals surface area contributed by atoms with E-state index in [1.807, 2.05) is 5.41 Å². The molecule has 1 aromatic rings. The van der Waals surface area contributed by atoms with Gasteiger partial charge in [-0.15, -0.1) is 0 Å². The number of ether oxygens (including phenoxy) is 1. The number of carbonyl (C=O) groups is 2. The van der Waals surface area contributed by atoms with Gasteiger partial charge < -0.3 is 19.9 Å². The SMILES string of the molecule is CCOC(=O)C1=C(C)N=C2SC=C(CC(=O)NC3CCN(C)CC3)N2[C@@H]1c1ccccc1F. The van der Waals surface area contributed by atoms with Crippen molar-refractivity contribution in [3.05, 3.63) is 58.0 Å². The number of nitrogens with zero attached hydrogens (tertiary/aromatic N) is 3. The van der Waals surface area contributed by atoms with Crippen LogP contribution in [0.2, 0.25) is 0 Å². The highest BCUT2D eigenvalue weighted by Crippen LogP contribution is 2.45. The molecular weight excluding hydrogens is 443 g/mol. The molecule has 1 saturated heterocycles. The average Bonchev–Trinajstić information content (AvgIpc) is 3.17. The summed E-state index contributed by atoms with van der Waals surface area (Å²) in [6.07, 6.45) is 1.96. The number of likely N-dealkylation sites (tertiary alicyclic amines) is 1. The molecule has 1 N–H and O–H groups in total. The molecule has 3 aliphatic rings. The van der Waals surface area contributed by atoms with Crippen molar-refractivity contribution in [2.75, 3.05) is 26.7 Å². The second kappa shape index (κ2) is 10.1. The normalized spacial score (nSPS) is 21.5. The van der Waals surface area contributed by atoms with Crippen molar-refractivity contribution in [1.29, 1.82) is 0 Å². The van der Waals surface area contributed by atoms with Gasteiger partial charge in [0.2, 0.25) is 5.91 Å². The summed E-state index contributed by atoms with van der Waals surface area (Å²) >= 11 is 1.38. The number of aliphatic imine (C=N–C) groups is 1. The Morgan fingerprint density at radius 2 is 2.00 bits per heavy atom. The van der Waals surface area contributed by atoms with Gasteiger partial charge in [-0.1, -0.05) is 30.0 Å². The van der Waals surface area contributed by atoms with E-state index in [9.17, 15) is 14.0 Å². The number of carbonyl (C=O) groups excluding carboxylic acids is 2. The number of amidine groups is 1. The first-order valence-corrected chi connectivity index (χ1v) is 12.1. The molecule has 7 nitrogen and oxygen atoms in total. The van der Waals surface area contributed by atoms with Gasteiger partial charge in [0.15, 0.2) is 5.17 Å². The van der Waals surface area contributed by atoms with E-state index in [-0.39, 0.29) is 30.5 Å². The fourth-order valence-electron chi connectivity index (χ4n) is 4.43. The Morgan fingerprint density at radius 3 is 2.70 bits per heavy atom. The minimum atomic E-state index is -0.755. The largest absolute Gasteiger partial charge is 0.463 e. The fraction of sp³-hybridized carbons (Fsp3) is 0.458. The number of hydrogen-bond acceptors (Lipinski definition) is 7. The molecule has 1 amide bonds. The molecule has 4 rings (SSSR count). The van der Waals surface area contributed by atoms with Crippen LogP contribution in [0, 0.1) is 5.82 Å². The lowest BCUT2D eigenvalue weighted by molar-refractivity contribution is -0.139. The molecule has 33 heavy (non-hydrogen) atoms. The zero-order valence-electron chi connectivity index (χ0n) is 19.1. The summed E-state index contributed by atoms with van der Waals surface area (Å²) in [5.74, 6) is -1.04. The van der Waals surface area contributed by atoms with Crippen LogP contribution in [-0.4, -0.2) is 59.6 Å². The average molecular weight is 473 g/mol. The minimum Gasteiger partial charge on any atom is -0.463 e. The Kier molecular flexibility index (Phi) is 7.19. The third kappa shape index (κ3) is 4.99. The van der Waals surface area contributed by atoms with Crippen molar-refractivity contribution in [2.45, 2.75) is 45.2 Å². The van der Waals surface area contributed by atoms with Crippen LogP contribution in [-0.2, 0) is 14.3 Å². The number of piperidine rings is 1. The van der Waals surface area contributed by atoms with Gasteiger partial charge in [0.1, 0.15) is 5.82 Å². The Hall–Kier alpha value is -2.65. The molecule has 0 saturated carbocycles. The number of halogens is 1. The lowest BCUT2D eigenvalue weighted by Crippen LogP contribution is -2.44. The maximum Gasteiger partial charge on any atom is 0.338 e. The summed E-state index contributed by atoms with van der Waals surface area (Å²) in [4.78, 5) is 34.4. The van der Waals surface area contributed by atoms with E-state index >= 15 is 0 Å². The van der Waals surface area contributed by atoms with E-state index < -0.39 is 17.8 Å². The Morgan fingerprint density at radius 1 is 1.27 bits per heavy atom. The van der Waals surface area contributed by atoms with Crippen LogP contribution in [0.4, 0.5) is 4.39 Å². The summed E-state index contributed by atoms with van der Waals surface area (Å²) in [5.41, 5.74) is 1.81. The summed E-state index contributed by atoms with van der Waals surface area (Å²) < 4.78 is 20.3. The summed E-state index contributed by atoms with van der Waals surface area (Å²) in [6.45, 7) is 5.57. The molecule has 0 aliphatic carbocycles. The highest BCUT2D eigenvalue weighted by atomic mass is 32.2. The quantitative estimate of drug-likeness (QED) is 0.638. The van der Waals surface area contributed by atoms with Crippen LogP contribution in [0.15, 0.2) is 51.6 Å². The van der Waals surface area contributed by atoms with E-state index in [4.69, 9.17) is 4.74 Å². The van der Waals surface area contributed by atoms with Crippen LogP contribution < -0.4 is 5.32 Å². The number of thioether (sulfide) groups is 1. The monoisotopic (exact) mass is 472 g/mol. The first kappa shape index (κ1) is 23.5. The van der Waals surface area contributed by atoms with Crippen molar-refractivity contribution in [3.8, 4) is 0 Å². The molecule has 176 valence electrons. The molecule has 1 fully saturated rings. The number of fused-ring (bicyclic) bond motifs is 1. The predicted molar refractivity (Wildman–Crippen MR) is 127 cm³/mol. The number of hydrogen-bond donors (Lipinski definition) is 1. The molecule has 0 aromatic heterocycles. The molecule has 0 unspecified atom stereocenters. The Bertz CT molecular complexity index is 1030. The Balaban J connectivity index is 1.61. The van der Waals surface area contributed by atoms with Gasteiger partial charge in [-0.3, -0.25) is 4.79 Å². The first-order chi connectivity index (χ1) is 15.9. The Labute approximate surface area is 197 Å². The number of rotatable bonds is 6. The van der Waals surface area contributed by atoms with Crippen molar-refractivity contribution in [2.24, 2.45) is 4.99 Å². The molecule has 1 atom stereocenters. The van der Waals surface area contributed by atoms with E-state index in [0.29, 0.717) is 22.1 Å². The summed E-state index contributed by atoms with van der Waals surface area (Å²) in [6, 6.07) is 5.78. The molecule has 9 heteroatoms. The van der Waals surface area contributed by atoms with Gasteiger partial charge in [-0.25, -0.2) is 14.2 Å². The number of esters is 1. The highest BCUT2D eigenvalue weighted by molar-refractivity contribution is 8.16.